The van der Waals surface area contributed by atoms with Crippen LogP contribution in [0.5, 0.6) is 0 Å². The van der Waals surface area contributed by atoms with Gasteiger partial charge in [-0.25, -0.2) is 0 Å². The minimum Gasteiger partial charge on any atom is -0.370 e. The number of carbonyl (C=O) groups excluding carboxylic acids is 1. The summed E-state index contributed by atoms with van der Waals surface area (Å²) in [7, 11) is 0. The van der Waals surface area contributed by atoms with Gasteiger partial charge in [-0.05, 0) is 31.7 Å². The van der Waals surface area contributed by atoms with Gasteiger partial charge in [0.15, 0.2) is 5.78 Å². The highest BCUT2D eigenvalue weighted by Gasteiger charge is 2.22. The molecule has 1 atom stereocenters. The van der Waals surface area contributed by atoms with Crippen LogP contribution in [0.1, 0.15) is 31.7 Å². The molecule has 0 radical (unpaired) electrons. The van der Waals surface area contributed by atoms with E-state index in [1.165, 1.54) is 0 Å². The Labute approximate surface area is 95.6 Å². The fraction of sp³-hybridized carbons (Fsp3) is 0.667. The summed E-state index contributed by atoms with van der Waals surface area (Å²) >= 11 is 0. The molecule has 0 amide bonds. The number of aryl methyl sites for hydroxylation is 1. The maximum absolute atomic E-state index is 11.9. The van der Waals surface area contributed by atoms with Crippen LogP contribution in [0.15, 0.2) is 12.4 Å². The van der Waals surface area contributed by atoms with Gasteiger partial charge in [0, 0.05) is 25.8 Å². The highest BCUT2D eigenvalue weighted by molar-refractivity contribution is 5.85. The van der Waals surface area contributed by atoms with Crippen LogP contribution in [0.25, 0.3) is 0 Å². The van der Waals surface area contributed by atoms with Crippen LogP contribution in [0, 0.1) is 0 Å². The van der Waals surface area contributed by atoms with Crippen molar-refractivity contribution in [3.63, 3.8) is 0 Å². The van der Waals surface area contributed by atoms with Crippen molar-refractivity contribution in [3.05, 3.63) is 18.0 Å². The van der Waals surface area contributed by atoms with E-state index in [9.17, 15) is 4.79 Å². The topological polar surface area (TPSA) is 44.1 Å². The molecule has 1 aromatic heterocycles. The van der Waals surface area contributed by atoms with Gasteiger partial charge in [-0.2, -0.15) is 5.10 Å². The number of carbonyl (C=O) groups is 1. The number of ether oxygens (including phenoxy) is 1. The van der Waals surface area contributed by atoms with Gasteiger partial charge < -0.3 is 4.74 Å². The fourth-order valence-corrected chi connectivity index (χ4v) is 1.98. The second-order valence-corrected chi connectivity index (χ2v) is 4.20. The van der Waals surface area contributed by atoms with Crippen LogP contribution in [-0.4, -0.2) is 28.3 Å². The Morgan fingerprint density at radius 1 is 1.62 bits per heavy atom. The Morgan fingerprint density at radius 3 is 3.12 bits per heavy atom. The van der Waals surface area contributed by atoms with Gasteiger partial charge in [0.25, 0.3) is 0 Å². The van der Waals surface area contributed by atoms with Crippen molar-refractivity contribution in [1.82, 2.24) is 9.78 Å². The summed E-state index contributed by atoms with van der Waals surface area (Å²) in [6.07, 6.45) is 7.03. The standard InChI is InChI=1S/C12H18N2O2/c1-2-14-9-10(8-13-14)7-11(15)12-5-3-4-6-16-12/h8-9,12H,2-7H2,1H3. The van der Waals surface area contributed by atoms with Crippen LogP contribution in [0.3, 0.4) is 0 Å². The van der Waals surface area contributed by atoms with E-state index in [2.05, 4.69) is 5.10 Å². The number of hydrogen-bond acceptors (Lipinski definition) is 3. The Hall–Kier alpha value is -1.16. The van der Waals surface area contributed by atoms with E-state index in [4.69, 9.17) is 4.74 Å². The molecule has 1 fully saturated rings. The molecule has 88 valence electrons. The Morgan fingerprint density at radius 2 is 2.50 bits per heavy atom. The average molecular weight is 222 g/mol. The number of rotatable bonds is 4. The summed E-state index contributed by atoms with van der Waals surface area (Å²) in [6.45, 7) is 3.60. The smallest absolute Gasteiger partial charge is 0.166 e. The molecule has 2 heterocycles. The summed E-state index contributed by atoms with van der Waals surface area (Å²) in [6, 6.07) is 0. The van der Waals surface area contributed by atoms with Gasteiger partial charge in [-0.3, -0.25) is 9.48 Å². The molecule has 1 aliphatic heterocycles. The largest absolute Gasteiger partial charge is 0.370 e. The van der Waals surface area contributed by atoms with Crippen molar-refractivity contribution >= 4 is 5.78 Å². The van der Waals surface area contributed by atoms with Crippen LogP contribution < -0.4 is 0 Å². The molecule has 1 aromatic rings. The predicted octanol–water partition coefficient (Wildman–Crippen LogP) is 1.58. The van der Waals surface area contributed by atoms with Crippen molar-refractivity contribution in [3.8, 4) is 0 Å². The third-order valence-corrected chi connectivity index (χ3v) is 2.93. The van der Waals surface area contributed by atoms with Crippen LogP contribution in [0.2, 0.25) is 0 Å². The molecule has 4 nitrogen and oxygen atoms in total. The second kappa shape index (κ2) is 5.25. The average Bonchev–Trinajstić information content (AvgIpc) is 2.78. The molecule has 1 aliphatic rings. The molecule has 0 saturated carbocycles. The summed E-state index contributed by atoms with van der Waals surface area (Å²) in [5.41, 5.74) is 0.987. The van der Waals surface area contributed by atoms with Gasteiger partial charge in [0.1, 0.15) is 6.10 Å². The number of Topliss-reactive ketones (excluding diaryl/α,β-unsaturated/α-hetero) is 1. The number of hydrogen-bond donors (Lipinski definition) is 0. The van der Waals surface area contributed by atoms with Gasteiger partial charge >= 0.3 is 0 Å². The molecule has 0 aliphatic carbocycles. The first-order valence-corrected chi connectivity index (χ1v) is 5.95. The minimum atomic E-state index is -0.182. The van der Waals surface area contributed by atoms with Crippen LogP contribution >= 0.6 is 0 Å². The van der Waals surface area contributed by atoms with E-state index in [0.717, 1.165) is 38.0 Å². The van der Waals surface area contributed by atoms with Gasteiger partial charge in [-0.15, -0.1) is 0 Å². The van der Waals surface area contributed by atoms with Gasteiger partial charge in [0.05, 0.1) is 6.20 Å². The Kier molecular flexibility index (Phi) is 3.72. The zero-order valence-corrected chi connectivity index (χ0v) is 9.69. The highest BCUT2D eigenvalue weighted by atomic mass is 16.5. The Balaban J connectivity index is 1.90. The molecule has 0 spiro atoms. The van der Waals surface area contributed by atoms with E-state index in [1.54, 1.807) is 6.20 Å². The van der Waals surface area contributed by atoms with Crippen molar-refractivity contribution in [2.75, 3.05) is 6.61 Å². The number of aromatic nitrogens is 2. The summed E-state index contributed by atoms with van der Waals surface area (Å²) in [5, 5.41) is 4.16. The van der Waals surface area contributed by atoms with E-state index >= 15 is 0 Å². The SMILES string of the molecule is CCn1cc(CC(=O)C2CCCCO2)cn1. The van der Waals surface area contributed by atoms with Crippen molar-refractivity contribution in [2.45, 2.75) is 45.3 Å². The third kappa shape index (κ3) is 2.70. The molecule has 1 unspecified atom stereocenters. The molecule has 16 heavy (non-hydrogen) atoms. The first kappa shape index (κ1) is 11.3. The van der Waals surface area contributed by atoms with Crippen LogP contribution in [-0.2, 0) is 22.5 Å². The van der Waals surface area contributed by atoms with Gasteiger partial charge in [-0.1, -0.05) is 0 Å². The van der Waals surface area contributed by atoms with E-state index in [0.29, 0.717) is 6.42 Å². The zero-order chi connectivity index (χ0) is 11.4. The van der Waals surface area contributed by atoms with E-state index < -0.39 is 0 Å². The predicted molar refractivity (Wildman–Crippen MR) is 60.2 cm³/mol. The molecular weight excluding hydrogens is 204 g/mol. The number of nitrogens with zero attached hydrogens (tertiary/aromatic N) is 2. The fourth-order valence-electron chi connectivity index (χ4n) is 1.98. The maximum Gasteiger partial charge on any atom is 0.166 e. The van der Waals surface area contributed by atoms with Crippen molar-refractivity contribution < 1.29 is 9.53 Å². The van der Waals surface area contributed by atoms with Crippen molar-refractivity contribution in [1.29, 1.82) is 0 Å². The van der Waals surface area contributed by atoms with Crippen LogP contribution in [0.4, 0.5) is 0 Å². The van der Waals surface area contributed by atoms with E-state index in [-0.39, 0.29) is 11.9 Å². The maximum atomic E-state index is 11.9. The van der Waals surface area contributed by atoms with Gasteiger partial charge in [0.2, 0.25) is 0 Å². The summed E-state index contributed by atoms with van der Waals surface area (Å²) in [4.78, 5) is 11.9. The first-order chi connectivity index (χ1) is 7.79. The molecule has 0 N–H and O–H groups in total. The highest BCUT2D eigenvalue weighted by Crippen LogP contribution is 2.15. The monoisotopic (exact) mass is 222 g/mol. The quantitative estimate of drug-likeness (QED) is 0.777. The van der Waals surface area contributed by atoms with E-state index in [1.807, 2.05) is 17.8 Å². The molecule has 1 saturated heterocycles. The zero-order valence-electron chi connectivity index (χ0n) is 9.69. The lowest BCUT2D eigenvalue weighted by Gasteiger charge is -2.20. The minimum absolute atomic E-state index is 0.182. The lowest BCUT2D eigenvalue weighted by atomic mass is 10.0. The molecular formula is C12H18N2O2. The number of ketones is 1. The second-order valence-electron chi connectivity index (χ2n) is 4.20. The Bertz CT molecular complexity index is 354. The molecule has 0 aromatic carbocycles. The lowest BCUT2D eigenvalue weighted by Crippen LogP contribution is -2.29. The summed E-state index contributed by atoms with van der Waals surface area (Å²) < 4.78 is 7.31. The molecule has 4 heteroatoms. The molecule has 0 bridgehead atoms. The first-order valence-electron chi connectivity index (χ1n) is 5.95. The third-order valence-electron chi connectivity index (χ3n) is 2.93. The van der Waals surface area contributed by atoms with Crippen molar-refractivity contribution in [2.24, 2.45) is 0 Å². The summed E-state index contributed by atoms with van der Waals surface area (Å²) in [5.74, 6) is 0.190. The lowest BCUT2D eigenvalue weighted by molar-refractivity contribution is -0.132. The normalized spacial score (nSPS) is 20.9. The molecule has 2 rings (SSSR count).